The molecule has 1 heterocycles. The van der Waals surface area contributed by atoms with Crippen molar-refractivity contribution in [1.29, 1.82) is 0 Å². The van der Waals surface area contributed by atoms with Crippen molar-refractivity contribution >= 4 is 12.0 Å². The van der Waals surface area contributed by atoms with E-state index < -0.39 is 6.04 Å². The van der Waals surface area contributed by atoms with Crippen LogP contribution in [0.5, 0.6) is 5.75 Å². The van der Waals surface area contributed by atoms with Gasteiger partial charge in [0, 0.05) is 26.2 Å². The van der Waals surface area contributed by atoms with Crippen molar-refractivity contribution in [2.24, 2.45) is 5.73 Å². The predicted molar refractivity (Wildman–Crippen MR) is 114 cm³/mol. The number of ether oxygens (including phenoxy) is 2. The Morgan fingerprint density at radius 3 is 2.20 bits per heavy atom. The summed E-state index contributed by atoms with van der Waals surface area (Å²) in [7, 11) is 0. The Hall–Kier alpha value is -3.06. The Kier molecular flexibility index (Phi) is 7.68. The molecule has 0 aromatic heterocycles. The van der Waals surface area contributed by atoms with Gasteiger partial charge in [-0.25, -0.2) is 4.79 Å². The molecule has 3 rings (SSSR count). The lowest BCUT2D eigenvalue weighted by atomic mass is 10.0. The molecule has 0 spiro atoms. The summed E-state index contributed by atoms with van der Waals surface area (Å²) in [6, 6.07) is 17.0. The molecular weight excluding hydrogens is 382 g/mol. The van der Waals surface area contributed by atoms with Crippen LogP contribution in [0.2, 0.25) is 0 Å². The van der Waals surface area contributed by atoms with Gasteiger partial charge in [-0.05, 0) is 36.6 Å². The summed E-state index contributed by atoms with van der Waals surface area (Å²) in [5, 5.41) is 0. The van der Waals surface area contributed by atoms with E-state index >= 15 is 0 Å². The Balaban J connectivity index is 1.45. The smallest absolute Gasteiger partial charge is 0.409 e. The van der Waals surface area contributed by atoms with Crippen molar-refractivity contribution in [3.05, 3.63) is 65.7 Å². The highest BCUT2D eigenvalue weighted by Crippen LogP contribution is 2.16. The van der Waals surface area contributed by atoms with Crippen LogP contribution in [0.4, 0.5) is 4.79 Å². The second-order valence-electron chi connectivity index (χ2n) is 7.24. The van der Waals surface area contributed by atoms with Crippen molar-refractivity contribution in [3.8, 4) is 5.75 Å². The molecule has 2 N–H and O–H groups in total. The van der Waals surface area contributed by atoms with Gasteiger partial charge in [0.25, 0.3) is 0 Å². The fourth-order valence-corrected chi connectivity index (χ4v) is 3.36. The zero-order valence-electron chi connectivity index (χ0n) is 17.3. The van der Waals surface area contributed by atoms with E-state index in [1.54, 1.807) is 16.7 Å². The van der Waals surface area contributed by atoms with E-state index in [4.69, 9.17) is 15.2 Å². The highest BCUT2D eigenvalue weighted by molar-refractivity contribution is 5.82. The number of nitrogens with two attached hydrogens (primary N) is 1. The van der Waals surface area contributed by atoms with Crippen LogP contribution in [0, 0.1) is 0 Å². The monoisotopic (exact) mass is 411 g/mol. The maximum Gasteiger partial charge on any atom is 0.409 e. The molecule has 1 aliphatic rings. The van der Waals surface area contributed by atoms with Gasteiger partial charge >= 0.3 is 6.09 Å². The molecule has 1 atom stereocenters. The first kappa shape index (κ1) is 21.6. The summed E-state index contributed by atoms with van der Waals surface area (Å²) in [6.07, 6.45) is 0.124. The minimum absolute atomic E-state index is 0.0945. The van der Waals surface area contributed by atoms with Crippen molar-refractivity contribution in [3.63, 3.8) is 0 Å². The van der Waals surface area contributed by atoms with Gasteiger partial charge in [0.15, 0.2) is 0 Å². The number of carbonyl (C=O) groups excluding carboxylic acids is 2. The summed E-state index contributed by atoms with van der Waals surface area (Å²) in [4.78, 5) is 27.8. The van der Waals surface area contributed by atoms with E-state index in [1.807, 2.05) is 54.6 Å². The lowest BCUT2D eigenvalue weighted by Gasteiger charge is -2.35. The van der Waals surface area contributed by atoms with Crippen molar-refractivity contribution in [2.75, 3.05) is 32.8 Å². The van der Waals surface area contributed by atoms with E-state index in [0.29, 0.717) is 45.8 Å². The molecule has 7 heteroatoms. The minimum atomic E-state index is -0.616. The molecule has 160 valence electrons. The van der Waals surface area contributed by atoms with E-state index in [0.717, 1.165) is 16.9 Å². The lowest BCUT2D eigenvalue weighted by Crippen LogP contribution is -2.54. The number of rotatable bonds is 7. The third-order valence-electron chi connectivity index (χ3n) is 5.06. The Morgan fingerprint density at radius 1 is 0.933 bits per heavy atom. The molecule has 0 aliphatic carbocycles. The number of piperazine rings is 1. The maximum atomic E-state index is 12.7. The molecule has 0 bridgehead atoms. The minimum Gasteiger partial charge on any atom is -0.489 e. The van der Waals surface area contributed by atoms with E-state index in [2.05, 4.69) is 0 Å². The molecule has 0 unspecified atom stereocenters. The van der Waals surface area contributed by atoms with Crippen LogP contribution >= 0.6 is 0 Å². The average molecular weight is 412 g/mol. The predicted octanol–water partition coefficient (Wildman–Crippen LogP) is 2.44. The number of benzene rings is 2. The normalized spacial score (nSPS) is 14.9. The van der Waals surface area contributed by atoms with E-state index in [1.165, 1.54) is 0 Å². The lowest BCUT2D eigenvalue weighted by molar-refractivity contribution is -0.134. The van der Waals surface area contributed by atoms with Gasteiger partial charge in [-0.15, -0.1) is 0 Å². The van der Waals surface area contributed by atoms with E-state index in [9.17, 15) is 9.59 Å². The van der Waals surface area contributed by atoms with Crippen LogP contribution in [0.3, 0.4) is 0 Å². The van der Waals surface area contributed by atoms with Gasteiger partial charge in [-0.3, -0.25) is 4.79 Å². The van der Waals surface area contributed by atoms with Crippen LogP contribution in [-0.2, 0) is 22.6 Å². The third kappa shape index (κ3) is 5.97. The average Bonchev–Trinajstić information content (AvgIpc) is 2.79. The van der Waals surface area contributed by atoms with Crippen LogP contribution in [0.1, 0.15) is 18.1 Å². The zero-order valence-corrected chi connectivity index (χ0v) is 17.3. The molecule has 7 nitrogen and oxygen atoms in total. The van der Waals surface area contributed by atoms with E-state index in [-0.39, 0.29) is 12.0 Å². The second kappa shape index (κ2) is 10.6. The quantitative estimate of drug-likeness (QED) is 0.756. The Morgan fingerprint density at radius 2 is 1.57 bits per heavy atom. The highest BCUT2D eigenvalue weighted by atomic mass is 16.6. The Bertz CT molecular complexity index is 818. The molecule has 1 fully saturated rings. The number of hydrogen-bond donors (Lipinski definition) is 1. The van der Waals surface area contributed by atoms with Crippen molar-refractivity contribution in [1.82, 2.24) is 9.80 Å². The van der Waals surface area contributed by atoms with Gasteiger partial charge in [-0.1, -0.05) is 42.5 Å². The molecular formula is C23H29N3O4. The summed E-state index contributed by atoms with van der Waals surface area (Å²) in [6.45, 7) is 4.50. The molecule has 30 heavy (non-hydrogen) atoms. The van der Waals surface area contributed by atoms with Gasteiger partial charge in [0.05, 0.1) is 12.6 Å². The first-order chi connectivity index (χ1) is 14.6. The third-order valence-corrected chi connectivity index (χ3v) is 5.06. The number of carbonyl (C=O) groups is 2. The highest BCUT2D eigenvalue weighted by Gasteiger charge is 2.27. The first-order valence-corrected chi connectivity index (χ1v) is 10.3. The van der Waals surface area contributed by atoms with Gasteiger partial charge < -0.3 is 25.0 Å². The fourth-order valence-electron chi connectivity index (χ4n) is 3.36. The fraction of sp³-hybridized carbons (Fsp3) is 0.391. The van der Waals surface area contributed by atoms with Crippen LogP contribution in [-0.4, -0.2) is 60.6 Å². The number of hydrogen-bond acceptors (Lipinski definition) is 5. The molecule has 2 aromatic carbocycles. The van der Waals surface area contributed by atoms with Gasteiger partial charge in [-0.2, -0.15) is 0 Å². The number of nitrogens with zero attached hydrogens (tertiary/aromatic N) is 2. The summed E-state index contributed by atoms with van der Waals surface area (Å²) in [5.41, 5.74) is 8.26. The first-order valence-electron chi connectivity index (χ1n) is 10.3. The second-order valence-corrected chi connectivity index (χ2v) is 7.24. The summed E-state index contributed by atoms with van der Waals surface area (Å²) >= 11 is 0. The summed E-state index contributed by atoms with van der Waals surface area (Å²) < 4.78 is 10.8. The molecule has 2 aromatic rings. The zero-order chi connectivity index (χ0) is 21.3. The molecule has 1 saturated heterocycles. The molecule has 0 saturated carbocycles. The standard InChI is InChI=1S/C23H29N3O4/c1-2-29-23(28)26-14-12-25(13-15-26)22(27)21(24)16-18-8-10-20(11-9-18)30-17-19-6-4-3-5-7-19/h3-11,21H,2,12-17,24H2,1H3/t21-/m0/s1. The SMILES string of the molecule is CCOC(=O)N1CCN(C(=O)[C@@H](N)Cc2ccc(OCc3ccccc3)cc2)CC1. The van der Waals surface area contributed by atoms with Crippen molar-refractivity contribution < 1.29 is 19.1 Å². The van der Waals surface area contributed by atoms with Crippen LogP contribution < -0.4 is 10.5 Å². The van der Waals surface area contributed by atoms with Crippen molar-refractivity contribution in [2.45, 2.75) is 26.0 Å². The molecule has 2 amide bonds. The van der Waals surface area contributed by atoms with Gasteiger partial charge in [0.1, 0.15) is 12.4 Å². The van der Waals surface area contributed by atoms with Crippen LogP contribution in [0.15, 0.2) is 54.6 Å². The largest absolute Gasteiger partial charge is 0.489 e. The maximum absolute atomic E-state index is 12.7. The Labute approximate surface area is 177 Å². The topological polar surface area (TPSA) is 85.1 Å². The van der Waals surface area contributed by atoms with Crippen LogP contribution in [0.25, 0.3) is 0 Å². The summed E-state index contributed by atoms with van der Waals surface area (Å²) in [5.74, 6) is 0.681. The van der Waals surface area contributed by atoms with Gasteiger partial charge in [0.2, 0.25) is 5.91 Å². The molecule has 1 aliphatic heterocycles. The molecule has 0 radical (unpaired) electrons. The number of amides is 2.